The molecule has 2 heterocycles. The van der Waals surface area contributed by atoms with E-state index in [1.165, 1.54) is 6.07 Å². The van der Waals surface area contributed by atoms with Crippen molar-refractivity contribution in [2.45, 2.75) is 6.92 Å². The van der Waals surface area contributed by atoms with Crippen LogP contribution in [0.1, 0.15) is 15.9 Å². The number of rotatable bonds is 2. The molecule has 1 aromatic carbocycles. The second-order valence-electron chi connectivity index (χ2n) is 4.48. The van der Waals surface area contributed by atoms with Crippen molar-refractivity contribution < 1.29 is 14.3 Å². The van der Waals surface area contributed by atoms with Crippen molar-refractivity contribution in [2.75, 3.05) is 0 Å². The normalized spacial score (nSPS) is 10.9. The van der Waals surface area contributed by atoms with Crippen LogP contribution in [0.5, 0.6) is 0 Å². The summed E-state index contributed by atoms with van der Waals surface area (Å²) in [5, 5.41) is 10.0. The molecular weight excluding hydrogens is 322 g/mol. The van der Waals surface area contributed by atoms with Gasteiger partial charge < -0.3 is 9.52 Å². The quantitative estimate of drug-likeness (QED) is 0.761. The van der Waals surface area contributed by atoms with E-state index in [0.717, 1.165) is 5.56 Å². The summed E-state index contributed by atoms with van der Waals surface area (Å²) < 4.78 is 6.02. The van der Waals surface area contributed by atoms with E-state index in [1.807, 2.05) is 25.1 Å². The first-order chi connectivity index (χ1) is 9.54. The van der Waals surface area contributed by atoms with Crippen LogP contribution >= 0.6 is 15.9 Å². The number of hydrogen-bond donors (Lipinski definition) is 1. The Bertz CT molecular complexity index is 823. The highest BCUT2D eigenvalue weighted by Gasteiger charge is 2.14. The molecular formula is C15H10BrNO3. The first-order valence-corrected chi connectivity index (χ1v) is 6.74. The van der Waals surface area contributed by atoms with E-state index in [0.29, 0.717) is 27.0 Å². The fourth-order valence-corrected chi connectivity index (χ4v) is 2.40. The highest BCUT2D eigenvalue weighted by molar-refractivity contribution is 9.10. The number of pyridine rings is 1. The molecule has 0 saturated heterocycles. The Morgan fingerprint density at radius 3 is 2.70 bits per heavy atom. The van der Waals surface area contributed by atoms with Crippen LogP contribution in [-0.2, 0) is 0 Å². The number of hydrogen-bond acceptors (Lipinski definition) is 3. The third-order valence-corrected chi connectivity index (χ3v) is 3.45. The molecule has 0 spiro atoms. The minimum atomic E-state index is -0.977. The van der Waals surface area contributed by atoms with Gasteiger partial charge in [0.05, 0.1) is 11.1 Å². The van der Waals surface area contributed by atoms with Crippen LogP contribution in [0.25, 0.3) is 22.4 Å². The molecule has 0 bridgehead atoms. The van der Waals surface area contributed by atoms with Crippen molar-refractivity contribution >= 4 is 32.8 Å². The predicted octanol–water partition coefficient (Wildman–Crippen LogP) is 4.26. The molecule has 20 heavy (non-hydrogen) atoms. The number of carboxylic acids is 1. The number of aromatic nitrogens is 1. The van der Waals surface area contributed by atoms with Crippen LogP contribution in [-0.4, -0.2) is 16.1 Å². The maximum absolute atomic E-state index is 11.4. The van der Waals surface area contributed by atoms with Gasteiger partial charge in [-0.15, -0.1) is 0 Å². The molecule has 0 unspecified atom stereocenters. The van der Waals surface area contributed by atoms with E-state index < -0.39 is 5.97 Å². The molecule has 5 heteroatoms. The zero-order valence-electron chi connectivity index (χ0n) is 10.6. The zero-order valence-corrected chi connectivity index (χ0v) is 12.1. The van der Waals surface area contributed by atoms with Crippen LogP contribution in [0, 0.1) is 6.92 Å². The molecule has 0 aliphatic heterocycles. The number of fused-ring (bicyclic) bond motifs is 1. The van der Waals surface area contributed by atoms with Crippen LogP contribution in [0.4, 0.5) is 0 Å². The lowest BCUT2D eigenvalue weighted by Crippen LogP contribution is -2.00. The number of aryl methyl sites for hydroxylation is 1. The summed E-state index contributed by atoms with van der Waals surface area (Å²) in [7, 11) is 0. The van der Waals surface area contributed by atoms with Crippen molar-refractivity contribution in [1.29, 1.82) is 0 Å². The average Bonchev–Trinajstić information content (AvgIpc) is 2.84. The van der Waals surface area contributed by atoms with Crippen LogP contribution in [0.2, 0.25) is 0 Å². The number of furan rings is 1. The fourth-order valence-electron chi connectivity index (χ4n) is 2.09. The minimum absolute atomic E-state index is 0.223. The summed E-state index contributed by atoms with van der Waals surface area (Å²) in [5.74, 6) is -0.447. The summed E-state index contributed by atoms with van der Waals surface area (Å²) in [5.41, 5.74) is 2.36. The number of carbonyl (C=O) groups is 1. The molecule has 4 nitrogen and oxygen atoms in total. The Morgan fingerprint density at radius 1 is 1.25 bits per heavy atom. The minimum Gasteiger partial charge on any atom is -0.478 e. The molecule has 0 aliphatic rings. The van der Waals surface area contributed by atoms with Gasteiger partial charge in [-0.3, -0.25) is 0 Å². The largest absolute Gasteiger partial charge is 0.478 e. The van der Waals surface area contributed by atoms with Crippen molar-refractivity contribution in [1.82, 2.24) is 4.98 Å². The van der Waals surface area contributed by atoms with E-state index in [-0.39, 0.29) is 5.56 Å². The lowest BCUT2D eigenvalue weighted by molar-refractivity contribution is 0.0699. The SMILES string of the molecule is Cc1ccc2nc(-c3ccc(Br)o3)cc(C(=O)O)c2c1. The number of aromatic carboxylic acids is 1. The van der Waals surface area contributed by atoms with E-state index in [1.54, 1.807) is 12.1 Å². The summed E-state index contributed by atoms with van der Waals surface area (Å²) >= 11 is 3.23. The van der Waals surface area contributed by atoms with Crippen molar-refractivity contribution in [3.63, 3.8) is 0 Å². The molecule has 0 fully saturated rings. The molecule has 0 saturated carbocycles. The molecule has 3 rings (SSSR count). The number of halogens is 1. The molecule has 1 N–H and O–H groups in total. The Labute approximate surface area is 123 Å². The Morgan fingerprint density at radius 2 is 2.05 bits per heavy atom. The Kier molecular flexibility index (Phi) is 3.06. The fraction of sp³-hybridized carbons (Fsp3) is 0.0667. The van der Waals surface area contributed by atoms with Gasteiger partial charge >= 0.3 is 5.97 Å². The van der Waals surface area contributed by atoms with Gasteiger partial charge in [0.25, 0.3) is 0 Å². The summed E-state index contributed by atoms with van der Waals surface area (Å²) in [6.07, 6.45) is 0. The molecule has 100 valence electrons. The molecule has 0 radical (unpaired) electrons. The maximum Gasteiger partial charge on any atom is 0.336 e. The highest BCUT2D eigenvalue weighted by atomic mass is 79.9. The summed E-state index contributed by atoms with van der Waals surface area (Å²) in [4.78, 5) is 15.9. The van der Waals surface area contributed by atoms with E-state index in [2.05, 4.69) is 20.9 Å². The molecule has 0 atom stereocenters. The monoisotopic (exact) mass is 331 g/mol. The van der Waals surface area contributed by atoms with E-state index in [4.69, 9.17) is 4.42 Å². The Balaban J connectivity index is 2.31. The first-order valence-electron chi connectivity index (χ1n) is 5.95. The third kappa shape index (κ3) is 2.20. The molecule has 2 aromatic heterocycles. The zero-order chi connectivity index (χ0) is 14.3. The molecule has 0 amide bonds. The molecule has 0 aliphatic carbocycles. The van der Waals surface area contributed by atoms with Gasteiger partial charge in [-0.2, -0.15) is 0 Å². The van der Waals surface area contributed by atoms with Gasteiger partial charge in [0.15, 0.2) is 10.4 Å². The van der Waals surface area contributed by atoms with Crippen molar-refractivity contribution in [2.24, 2.45) is 0 Å². The number of nitrogens with zero attached hydrogens (tertiary/aromatic N) is 1. The van der Waals surface area contributed by atoms with Gasteiger partial charge in [0.2, 0.25) is 0 Å². The van der Waals surface area contributed by atoms with Gasteiger partial charge in [0.1, 0.15) is 5.69 Å². The van der Waals surface area contributed by atoms with Crippen LogP contribution in [0.3, 0.4) is 0 Å². The van der Waals surface area contributed by atoms with Gasteiger partial charge in [-0.25, -0.2) is 9.78 Å². The predicted molar refractivity (Wildman–Crippen MR) is 78.8 cm³/mol. The van der Waals surface area contributed by atoms with Gasteiger partial charge in [0, 0.05) is 5.39 Å². The Hall–Kier alpha value is -2.14. The molecule has 3 aromatic rings. The summed E-state index contributed by atoms with van der Waals surface area (Å²) in [6, 6.07) is 10.6. The topological polar surface area (TPSA) is 63.3 Å². The third-order valence-electron chi connectivity index (χ3n) is 3.02. The van der Waals surface area contributed by atoms with Crippen molar-refractivity contribution in [3.8, 4) is 11.5 Å². The number of carboxylic acid groups (broad SMARTS) is 1. The maximum atomic E-state index is 11.4. The number of benzene rings is 1. The second-order valence-corrected chi connectivity index (χ2v) is 5.27. The van der Waals surface area contributed by atoms with Gasteiger partial charge in [-0.05, 0) is 53.2 Å². The lowest BCUT2D eigenvalue weighted by atomic mass is 10.0. The van der Waals surface area contributed by atoms with Gasteiger partial charge in [-0.1, -0.05) is 11.6 Å². The van der Waals surface area contributed by atoms with Crippen LogP contribution in [0.15, 0.2) is 45.5 Å². The van der Waals surface area contributed by atoms with E-state index in [9.17, 15) is 9.90 Å². The summed E-state index contributed by atoms with van der Waals surface area (Å²) in [6.45, 7) is 1.92. The second kappa shape index (κ2) is 4.76. The van der Waals surface area contributed by atoms with Crippen LogP contribution < -0.4 is 0 Å². The standard InChI is InChI=1S/C15H10BrNO3/c1-8-2-3-11-9(6-8)10(15(18)19)7-12(17-11)13-4-5-14(16)20-13/h2-7H,1H3,(H,18,19). The lowest BCUT2D eigenvalue weighted by Gasteiger charge is -2.06. The van der Waals surface area contributed by atoms with Crippen molar-refractivity contribution in [3.05, 3.63) is 52.2 Å². The first kappa shape index (κ1) is 12.9. The average molecular weight is 332 g/mol. The smallest absolute Gasteiger partial charge is 0.336 e. The highest BCUT2D eigenvalue weighted by Crippen LogP contribution is 2.28. The van der Waals surface area contributed by atoms with E-state index >= 15 is 0 Å².